The molecule has 0 unspecified atom stereocenters. The Hall–Kier alpha value is -6.57. The Morgan fingerprint density at radius 1 is 0.260 bits per heavy atom. The van der Waals surface area contributed by atoms with Crippen LogP contribution in [0.3, 0.4) is 0 Å². The van der Waals surface area contributed by atoms with E-state index in [0.29, 0.717) is 0 Å². The van der Waals surface area contributed by atoms with Crippen molar-refractivity contribution in [3.63, 3.8) is 0 Å². The van der Waals surface area contributed by atoms with E-state index >= 15 is 0 Å². The molecule has 8 aromatic carbocycles. The lowest BCUT2D eigenvalue weighted by atomic mass is 9.84. The third kappa shape index (κ3) is 5.36. The number of pyridine rings is 1. The van der Waals surface area contributed by atoms with Crippen molar-refractivity contribution >= 4 is 21.5 Å². The van der Waals surface area contributed by atoms with Gasteiger partial charge in [0.05, 0.1) is 0 Å². The highest BCUT2D eigenvalue weighted by atomic mass is 14.6. The number of hydrogen-bond donors (Lipinski definition) is 0. The molecule has 0 aliphatic rings. The normalized spacial score (nSPS) is 11.2. The summed E-state index contributed by atoms with van der Waals surface area (Å²) in [5.41, 5.74) is 14.5. The summed E-state index contributed by atoms with van der Waals surface area (Å²) in [6, 6.07) is 68.1. The first-order valence-electron chi connectivity index (χ1n) is 17.1. The van der Waals surface area contributed by atoms with E-state index in [1.54, 1.807) is 0 Å². The quantitative estimate of drug-likeness (QED) is 0.166. The van der Waals surface area contributed by atoms with Crippen molar-refractivity contribution in [1.29, 1.82) is 0 Å². The molecule has 9 rings (SSSR count). The average Bonchev–Trinajstić information content (AvgIpc) is 3.20. The van der Waals surface area contributed by atoms with E-state index in [4.69, 9.17) is 0 Å². The van der Waals surface area contributed by atoms with Gasteiger partial charge in [-0.1, -0.05) is 164 Å². The Morgan fingerprint density at radius 3 is 1.30 bits per heavy atom. The van der Waals surface area contributed by atoms with Gasteiger partial charge in [0.15, 0.2) is 0 Å². The molecule has 0 spiro atoms. The van der Waals surface area contributed by atoms with Crippen LogP contribution in [0.15, 0.2) is 200 Å². The van der Waals surface area contributed by atoms with E-state index in [9.17, 15) is 0 Å². The van der Waals surface area contributed by atoms with E-state index in [2.05, 4.69) is 187 Å². The van der Waals surface area contributed by atoms with Gasteiger partial charge < -0.3 is 0 Å². The van der Waals surface area contributed by atoms with E-state index in [1.165, 1.54) is 77.2 Å². The van der Waals surface area contributed by atoms with Crippen LogP contribution in [0.2, 0.25) is 0 Å². The minimum atomic E-state index is 1.11. The second-order valence-electron chi connectivity index (χ2n) is 12.7. The molecule has 1 nitrogen and oxygen atoms in total. The Kier molecular flexibility index (Phi) is 7.57. The van der Waals surface area contributed by atoms with Gasteiger partial charge in [0.2, 0.25) is 0 Å². The minimum Gasteiger partial charge on any atom is -0.264 e. The van der Waals surface area contributed by atoms with Gasteiger partial charge in [0.1, 0.15) is 0 Å². The summed E-state index contributed by atoms with van der Waals surface area (Å²) < 4.78 is 0. The zero-order valence-corrected chi connectivity index (χ0v) is 27.5. The first kappa shape index (κ1) is 29.6. The molecular weight excluding hydrogens is 603 g/mol. The number of hydrogen-bond acceptors (Lipinski definition) is 1. The van der Waals surface area contributed by atoms with Crippen molar-refractivity contribution in [2.24, 2.45) is 0 Å². The molecule has 50 heavy (non-hydrogen) atoms. The fourth-order valence-corrected chi connectivity index (χ4v) is 7.44. The first-order valence-corrected chi connectivity index (χ1v) is 17.1. The van der Waals surface area contributed by atoms with Crippen molar-refractivity contribution < 1.29 is 0 Å². The number of benzene rings is 8. The maximum atomic E-state index is 4.38. The van der Waals surface area contributed by atoms with E-state index in [0.717, 1.165) is 11.1 Å². The molecule has 0 aliphatic carbocycles. The lowest BCUT2D eigenvalue weighted by Crippen LogP contribution is -1.92. The van der Waals surface area contributed by atoms with Crippen LogP contribution < -0.4 is 0 Å². The van der Waals surface area contributed by atoms with Crippen LogP contribution in [0.1, 0.15) is 0 Å². The maximum absolute atomic E-state index is 4.38. The Labute approximate surface area is 292 Å². The Morgan fingerprint density at radius 2 is 0.720 bits per heavy atom. The van der Waals surface area contributed by atoms with Crippen LogP contribution in [-0.4, -0.2) is 4.98 Å². The molecule has 9 aromatic rings. The van der Waals surface area contributed by atoms with Crippen molar-refractivity contribution in [3.8, 4) is 66.8 Å². The molecule has 0 amide bonds. The molecule has 0 aliphatic heterocycles. The summed E-state index contributed by atoms with van der Waals surface area (Å²) in [4.78, 5) is 4.38. The summed E-state index contributed by atoms with van der Waals surface area (Å²) >= 11 is 0. The van der Waals surface area contributed by atoms with Crippen LogP contribution in [0.25, 0.3) is 88.3 Å². The number of fused-ring (bicyclic) bond motifs is 2. The fourth-order valence-electron chi connectivity index (χ4n) is 7.44. The largest absolute Gasteiger partial charge is 0.264 e. The molecule has 0 atom stereocenters. The van der Waals surface area contributed by atoms with Crippen molar-refractivity contribution in [3.05, 3.63) is 200 Å². The lowest BCUT2D eigenvalue weighted by molar-refractivity contribution is 1.33. The van der Waals surface area contributed by atoms with E-state index in [1.807, 2.05) is 18.5 Å². The summed E-state index contributed by atoms with van der Waals surface area (Å²) in [5.74, 6) is 0. The van der Waals surface area contributed by atoms with Gasteiger partial charge in [0, 0.05) is 18.0 Å². The Bertz CT molecular complexity index is 2570. The minimum absolute atomic E-state index is 1.11. The van der Waals surface area contributed by atoms with Crippen LogP contribution in [0.4, 0.5) is 0 Å². The first-order chi connectivity index (χ1) is 24.8. The molecule has 0 saturated carbocycles. The SMILES string of the molecule is c1ccc(-c2ccc(-c3cccc(-c4c5ccccc5c(-c5cccc(-c6cccnc6)c5)c5ccccc45)c3)c(-c3ccccc3)c2)cc1. The molecule has 0 fully saturated rings. The summed E-state index contributed by atoms with van der Waals surface area (Å²) in [5, 5.41) is 4.97. The van der Waals surface area contributed by atoms with Crippen molar-refractivity contribution in [1.82, 2.24) is 4.98 Å². The van der Waals surface area contributed by atoms with E-state index in [-0.39, 0.29) is 0 Å². The molecule has 1 heteroatoms. The monoisotopic (exact) mass is 635 g/mol. The maximum Gasteiger partial charge on any atom is 0.0346 e. The molecule has 1 heterocycles. The molecule has 234 valence electrons. The Balaban J connectivity index is 1.25. The highest BCUT2D eigenvalue weighted by Gasteiger charge is 2.18. The summed E-state index contributed by atoms with van der Waals surface area (Å²) in [6.07, 6.45) is 3.76. The van der Waals surface area contributed by atoms with Crippen LogP contribution in [0, 0.1) is 0 Å². The second kappa shape index (κ2) is 12.8. The molecular formula is C49H33N. The highest BCUT2D eigenvalue weighted by molar-refractivity contribution is 6.21. The summed E-state index contributed by atoms with van der Waals surface area (Å²) in [6.45, 7) is 0. The third-order valence-corrected chi connectivity index (χ3v) is 9.75. The average molecular weight is 636 g/mol. The smallest absolute Gasteiger partial charge is 0.0346 e. The molecule has 0 bridgehead atoms. The van der Waals surface area contributed by atoms with Gasteiger partial charge in [-0.25, -0.2) is 0 Å². The van der Waals surface area contributed by atoms with Gasteiger partial charge >= 0.3 is 0 Å². The van der Waals surface area contributed by atoms with Gasteiger partial charge in [0.25, 0.3) is 0 Å². The van der Waals surface area contributed by atoms with Crippen LogP contribution in [-0.2, 0) is 0 Å². The number of rotatable bonds is 6. The predicted molar refractivity (Wildman–Crippen MR) is 212 cm³/mol. The van der Waals surface area contributed by atoms with Crippen molar-refractivity contribution in [2.75, 3.05) is 0 Å². The second-order valence-corrected chi connectivity index (χ2v) is 12.7. The zero-order chi connectivity index (χ0) is 33.3. The zero-order valence-electron chi connectivity index (χ0n) is 27.5. The molecule has 1 aromatic heterocycles. The van der Waals surface area contributed by atoms with Gasteiger partial charge in [-0.3, -0.25) is 4.98 Å². The molecule has 0 N–H and O–H groups in total. The third-order valence-electron chi connectivity index (χ3n) is 9.75. The predicted octanol–water partition coefficient (Wildman–Crippen LogP) is 13.4. The van der Waals surface area contributed by atoms with Crippen molar-refractivity contribution in [2.45, 2.75) is 0 Å². The topological polar surface area (TPSA) is 12.9 Å². The standard InChI is InChI=1S/C49H33N/c1-3-14-34(15-4-1)37-27-28-42(47(32-37)35-16-5-2-6-17-35)38-19-12-21-40(31-38)49-45-25-9-7-23-43(45)48(44-24-8-10-26-46(44)49)39-20-11-18-36(30-39)41-22-13-29-50-33-41/h1-33H. The van der Waals surface area contributed by atoms with Gasteiger partial charge in [-0.05, 0) is 107 Å². The number of nitrogens with zero attached hydrogens (tertiary/aromatic N) is 1. The number of aromatic nitrogens is 1. The van der Waals surface area contributed by atoms with Crippen LogP contribution in [0.5, 0.6) is 0 Å². The summed E-state index contributed by atoms with van der Waals surface area (Å²) in [7, 11) is 0. The van der Waals surface area contributed by atoms with E-state index < -0.39 is 0 Å². The molecule has 0 saturated heterocycles. The van der Waals surface area contributed by atoms with Gasteiger partial charge in [-0.2, -0.15) is 0 Å². The lowest BCUT2D eigenvalue weighted by Gasteiger charge is -2.19. The fraction of sp³-hybridized carbons (Fsp3) is 0. The highest BCUT2D eigenvalue weighted by Crippen LogP contribution is 2.45. The van der Waals surface area contributed by atoms with Gasteiger partial charge in [-0.15, -0.1) is 0 Å². The van der Waals surface area contributed by atoms with Crippen LogP contribution >= 0.6 is 0 Å². The molecule has 0 radical (unpaired) electrons.